The van der Waals surface area contributed by atoms with Gasteiger partial charge in [-0.25, -0.2) is 0 Å². The van der Waals surface area contributed by atoms with E-state index in [1.165, 1.54) is 6.42 Å². The van der Waals surface area contributed by atoms with E-state index in [-0.39, 0.29) is 0 Å². The Balaban J connectivity index is 1.99. The van der Waals surface area contributed by atoms with E-state index in [2.05, 4.69) is 17.6 Å². The third-order valence-electron chi connectivity index (χ3n) is 2.29. The number of likely N-dealkylation sites (N-methyl/N-ethyl adjacent to an activating group) is 1. The first-order chi connectivity index (χ1) is 5.83. The maximum absolute atomic E-state index is 5.29. The zero-order valence-electron chi connectivity index (χ0n) is 8.10. The lowest BCUT2D eigenvalue weighted by atomic mass is 10.1. The zero-order valence-corrected chi connectivity index (χ0v) is 8.10. The minimum atomic E-state index is 0.565. The van der Waals surface area contributed by atoms with Crippen LogP contribution in [0.15, 0.2) is 0 Å². The SMILES string of the molecule is CNCC(C)NCC1CCOC1. The third kappa shape index (κ3) is 3.52. The Hall–Kier alpha value is -0.120. The van der Waals surface area contributed by atoms with Crippen LogP contribution in [0.25, 0.3) is 0 Å². The quantitative estimate of drug-likeness (QED) is 0.622. The van der Waals surface area contributed by atoms with E-state index in [1.54, 1.807) is 0 Å². The van der Waals surface area contributed by atoms with Gasteiger partial charge in [0.25, 0.3) is 0 Å². The number of rotatable bonds is 5. The fourth-order valence-corrected chi connectivity index (χ4v) is 1.49. The first kappa shape index (κ1) is 9.96. The van der Waals surface area contributed by atoms with Gasteiger partial charge in [-0.3, -0.25) is 0 Å². The molecule has 2 unspecified atom stereocenters. The van der Waals surface area contributed by atoms with E-state index >= 15 is 0 Å². The Morgan fingerprint density at radius 1 is 1.58 bits per heavy atom. The van der Waals surface area contributed by atoms with Gasteiger partial charge in [0, 0.05) is 25.7 Å². The van der Waals surface area contributed by atoms with Crippen LogP contribution >= 0.6 is 0 Å². The summed E-state index contributed by atoms with van der Waals surface area (Å²) in [5.41, 5.74) is 0. The van der Waals surface area contributed by atoms with Crippen molar-refractivity contribution < 1.29 is 4.74 Å². The van der Waals surface area contributed by atoms with Crippen LogP contribution in [0.5, 0.6) is 0 Å². The monoisotopic (exact) mass is 172 g/mol. The molecule has 1 saturated heterocycles. The molecule has 0 saturated carbocycles. The van der Waals surface area contributed by atoms with Crippen LogP contribution < -0.4 is 10.6 Å². The van der Waals surface area contributed by atoms with Crippen molar-refractivity contribution in [1.82, 2.24) is 10.6 Å². The molecular formula is C9H20N2O. The molecule has 3 heteroatoms. The molecule has 1 aliphatic heterocycles. The average Bonchev–Trinajstić information content (AvgIpc) is 2.53. The van der Waals surface area contributed by atoms with E-state index in [9.17, 15) is 0 Å². The van der Waals surface area contributed by atoms with Crippen LogP contribution in [0.4, 0.5) is 0 Å². The molecular weight excluding hydrogens is 152 g/mol. The molecule has 2 atom stereocenters. The van der Waals surface area contributed by atoms with Crippen molar-refractivity contribution in [2.45, 2.75) is 19.4 Å². The number of hydrogen-bond donors (Lipinski definition) is 2. The molecule has 72 valence electrons. The highest BCUT2D eigenvalue weighted by molar-refractivity contribution is 4.70. The summed E-state index contributed by atoms with van der Waals surface area (Å²) in [6.07, 6.45) is 1.22. The molecule has 0 bridgehead atoms. The second-order valence-electron chi connectivity index (χ2n) is 3.60. The van der Waals surface area contributed by atoms with Crippen LogP contribution in [0.1, 0.15) is 13.3 Å². The van der Waals surface area contributed by atoms with Gasteiger partial charge in [-0.2, -0.15) is 0 Å². The van der Waals surface area contributed by atoms with Crippen LogP contribution in [0, 0.1) is 5.92 Å². The standard InChI is InChI=1S/C9H20N2O/c1-8(5-10-2)11-6-9-3-4-12-7-9/h8-11H,3-7H2,1-2H3. The van der Waals surface area contributed by atoms with Crippen molar-refractivity contribution in [3.8, 4) is 0 Å². The lowest BCUT2D eigenvalue weighted by Crippen LogP contribution is -2.37. The summed E-state index contributed by atoms with van der Waals surface area (Å²) in [4.78, 5) is 0. The number of hydrogen-bond acceptors (Lipinski definition) is 3. The molecule has 1 aliphatic rings. The fourth-order valence-electron chi connectivity index (χ4n) is 1.49. The second kappa shape index (κ2) is 5.51. The van der Waals surface area contributed by atoms with Crippen LogP contribution in [-0.2, 0) is 4.74 Å². The second-order valence-corrected chi connectivity index (χ2v) is 3.60. The molecule has 0 aromatic carbocycles. The fraction of sp³-hybridized carbons (Fsp3) is 1.00. The molecule has 0 amide bonds. The summed E-state index contributed by atoms with van der Waals surface area (Å²) in [6, 6.07) is 0.565. The number of ether oxygens (including phenoxy) is 1. The Labute approximate surface area is 74.9 Å². The number of nitrogens with one attached hydrogen (secondary N) is 2. The predicted octanol–water partition coefficient (Wildman–Crippen LogP) is 0.220. The lowest BCUT2D eigenvalue weighted by Gasteiger charge is -2.15. The van der Waals surface area contributed by atoms with Gasteiger partial charge >= 0.3 is 0 Å². The minimum absolute atomic E-state index is 0.565. The van der Waals surface area contributed by atoms with E-state index in [4.69, 9.17) is 4.74 Å². The van der Waals surface area contributed by atoms with E-state index in [0.29, 0.717) is 6.04 Å². The van der Waals surface area contributed by atoms with Gasteiger partial charge < -0.3 is 15.4 Å². The molecule has 2 N–H and O–H groups in total. The Kier molecular flexibility index (Phi) is 4.58. The van der Waals surface area contributed by atoms with E-state index < -0.39 is 0 Å². The summed E-state index contributed by atoms with van der Waals surface area (Å²) < 4.78 is 5.29. The first-order valence-electron chi connectivity index (χ1n) is 4.78. The molecule has 0 spiro atoms. The zero-order chi connectivity index (χ0) is 8.81. The van der Waals surface area contributed by atoms with E-state index in [0.717, 1.165) is 32.2 Å². The maximum atomic E-state index is 5.29. The molecule has 3 nitrogen and oxygen atoms in total. The summed E-state index contributed by atoms with van der Waals surface area (Å²) >= 11 is 0. The molecule has 0 radical (unpaired) electrons. The van der Waals surface area contributed by atoms with Gasteiger partial charge in [0.2, 0.25) is 0 Å². The highest BCUT2D eigenvalue weighted by atomic mass is 16.5. The van der Waals surface area contributed by atoms with Crippen LogP contribution in [-0.4, -0.2) is 39.4 Å². The molecule has 0 aromatic rings. The van der Waals surface area contributed by atoms with Crippen LogP contribution in [0.2, 0.25) is 0 Å². The van der Waals surface area contributed by atoms with Crippen molar-refractivity contribution in [2.75, 3.05) is 33.4 Å². The molecule has 1 fully saturated rings. The van der Waals surface area contributed by atoms with Crippen molar-refractivity contribution in [2.24, 2.45) is 5.92 Å². The topological polar surface area (TPSA) is 33.3 Å². The maximum Gasteiger partial charge on any atom is 0.0507 e. The Morgan fingerprint density at radius 2 is 2.42 bits per heavy atom. The van der Waals surface area contributed by atoms with Gasteiger partial charge in [-0.05, 0) is 26.3 Å². The Morgan fingerprint density at radius 3 is 3.00 bits per heavy atom. The van der Waals surface area contributed by atoms with Gasteiger partial charge in [-0.15, -0.1) is 0 Å². The largest absolute Gasteiger partial charge is 0.381 e. The van der Waals surface area contributed by atoms with Gasteiger partial charge in [-0.1, -0.05) is 0 Å². The average molecular weight is 172 g/mol. The Bertz CT molecular complexity index is 113. The van der Waals surface area contributed by atoms with E-state index in [1.807, 2.05) is 7.05 Å². The van der Waals surface area contributed by atoms with Gasteiger partial charge in [0.15, 0.2) is 0 Å². The third-order valence-corrected chi connectivity index (χ3v) is 2.29. The minimum Gasteiger partial charge on any atom is -0.381 e. The van der Waals surface area contributed by atoms with Gasteiger partial charge in [0.1, 0.15) is 0 Å². The lowest BCUT2D eigenvalue weighted by molar-refractivity contribution is 0.184. The van der Waals surface area contributed by atoms with Crippen LogP contribution in [0.3, 0.4) is 0 Å². The summed E-state index contributed by atoms with van der Waals surface area (Å²) in [6.45, 7) is 6.23. The normalized spacial score (nSPS) is 26.0. The van der Waals surface area contributed by atoms with Crippen molar-refractivity contribution in [1.29, 1.82) is 0 Å². The highest BCUT2D eigenvalue weighted by Gasteiger charge is 2.15. The first-order valence-corrected chi connectivity index (χ1v) is 4.78. The predicted molar refractivity (Wildman–Crippen MR) is 50.3 cm³/mol. The molecule has 12 heavy (non-hydrogen) atoms. The summed E-state index contributed by atoms with van der Waals surface area (Å²) in [7, 11) is 1.98. The molecule has 1 rings (SSSR count). The molecule has 1 heterocycles. The van der Waals surface area contributed by atoms with Crippen molar-refractivity contribution >= 4 is 0 Å². The molecule has 0 aromatic heterocycles. The van der Waals surface area contributed by atoms with Crippen molar-refractivity contribution in [3.63, 3.8) is 0 Å². The summed E-state index contributed by atoms with van der Waals surface area (Å²) in [5.74, 6) is 0.740. The summed E-state index contributed by atoms with van der Waals surface area (Å²) in [5, 5.41) is 6.63. The molecule has 0 aliphatic carbocycles. The van der Waals surface area contributed by atoms with Crippen molar-refractivity contribution in [3.05, 3.63) is 0 Å². The van der Waals surface area contributed by atoms with Gasteiger partial charge in [0.05, 0.1) is 6.61 Å². The highest BCUT2D eigenvalue weighted by Crippen LogP contribution is 2.10. The smallest absolute Gasteiger partial charge is 0.0507 e.